The number of ether oxygens (including phenoxy) is 1. The van der Waals surface area contributed by atoms with Crippen LogP contribution in [0.3, 0.4) is 0 Å². The van der Waals surface area contributed by atoms with Crippen LogP contribution in [0.25, 0.3) is 6.08 Å². The predicted molar refractivity (Wildman–Crippen MR) is 124 cm³/mol. The minimum Gasteiger partial charge on any atom is -0.488 e. The fourth-order valence-electron chi connectivity index (χ4n) is 2.56. The SMILES string of the molecule is N#C/C(=C\c1ccc(OCc2ccccc2Cl)c(Br)c1)C(=O)Nc1ccccc1Cl. The highest BCUT2D eigenvalue weighted by Crippen LogP contribution is 2.29. The Balaban J connectivity index is 1.73. The number of nitrogens with zero attached hydrogens (tertiary/aromatic N) is 1. The number of carbonyl (C=O) groups excluding carboxylic acids is 1. The zero-order valence-corrected chi connectivity index (χ0v) is 18.6. The topological polar surface area (TPSA) is 62.1 Å². The summed E-state index contributed by atoms with van der Waals surface area (Å²) in [6, 6.07) is 21.5. The van der Waals surface area contributed by atoms with Gasteiger partial charge >= 0.3 is 0 Å². The molecule has 0 aliphatic carbocycles. The van der Waals surface area contributed by atoms with Crippen LogP contribution < -0.4 is 10.1 Å². The van der Waals surface area contributed by atoms with Gasteiger partial charge in [-0.05, 0) is 57.9 Å². The van der Waals surface area contributed by atoms with E-state index in [0.29, 0.717) is 38.1 Å². The minimum absolute atomic E-state index is 0.0495. The van der Waals surface area contributed by atoms with E-state index in [1.165, 1.54) is 6.08 Å². The van der Waals surface area contributed by atoms with Gasteiger partial charge in [-0.3, -0.25) is 4.79 Å². The van der Waals surface area contributed by atoms with Crippen LogP contribution in [-0.4, -0.2) is 5.91 Å². The maximum atomic E-state index is 12.4. The summed E-state index contributed by atoms with van der Waals surface area (Å²) < 4.78 is 6.51. The van der Waals surface area contributed by atoms with Crippen LogP contribution >= 0.6 is 39.1 Å². The zero-order chi connectivity index (χ0) is 21.5. The first-order chi connectivity index (χ1) is 14.5. The van der Waals surface area contributed by atoms with Gasteiger partial charge in [0, 0.05) is 10.6 Å². The Bertz CT molecular complexity index is 1160. The average molecular weight is 502 g/mol. The van der Waals surface area contributed by atoms with Gasteiger partial charge in [0.2, 0.25) is 0 Å². The summed E-state index contributed by atoms with van der Waals surface area (Å²) in [7, 11) is 0. The highest BCUT2D eigenvalue weighted by atomic mass is 79.9. The van der Waals surface area contributed by atoms with Crippen molar-refractivity contribution in [3.8, 4) is 11.8 Å². The van der Waals surface area contributed by atoms with Crippen LogP contribution in [0.5, 0.6) is 5.75 Å². The normalized spacial score (nSPS) is 10.9. The van der Waals surface area contributed by atoms with Crippen molar-refractivity contribution in [1.29, 1.82) is 5.26 Å². The lowest BCUT2D eigenvalue weighted by molar-refractivity contribution is -0.112. The van der Waals surface area contributed by atoms with Crippen molar-refractivity contribution >= 4 is 56.8 Å². The summed E-state index contributed by atoms with van der Waals surface area (Å²) in [5, 5.41) is 13.1. The maximum absolute atomic E-state index is 12.4. The van der Waals surface area contributed by atoms with Crippen LogP contribution in [0.4, 0.5) is 5.69 Å². The number of hydrogen-bond donors (Lipinski definition) is 1. The molecule has 0 bridgehead atoms. The van der Waals surface area contributed by atoms with Crippen molar-refractivity contribution in [2.45, 2.75) is 6.61 Å². The summed E-state index contributed by atoms with van der Waals surface area (Å²) in [5.74, 6) is 0.0758. The molecule has 0 aliphatic rings. The van der Waals surface area contributed by atoms with Crippen molar-refractivity contribution in [3.63, 3.8) is 0 Å². The third-order valence-corrected chi connectivity index (χ3v) is 5.41. The highest BCUT2D eigenvalue weighted by Gasteiger charge is 2.12. The zero-order valence-electron chi connectivity index (χ0n) is 15.5. The van der Waals surface area contributed by atoms with Gasteiger partial charge in [-0.15, -0.1) is 0 Å². The Labute approximate surface area is 192 Å². The third-order valence-electron chi connectivity index (χ3n) is 4.10. The highest BCUT2D eigenvalue weighted by molar-refractivity contribution is 9.10. The van der Waals surface area contributed by atoms with Crippen LogP contribution in [0.2, 0.25) is 10.0 Å². The number of hydrogen-bond acceptors (Lipinski definition) is 3. The van der Waals surface area contributed by atoms with Gasteiger partial charge in [0.05, 0.1) is 15.2 Å². The number of anilines is 1. The molecule has 30 heavy (non-hydrogen) atoms. The molecule has 3 rings (SSSR count). The van der Waals surface area contributed by atoms with E-state index in [9.17, 15) is 10.1 Å². The van der Waals surface area contributed by atoms with Gasteiger partial charge in [-0.2, -0.15) is 5.26 Å². The molecule has 0 fully saturated rings. The van der Waals surface area contributed by atoms with Crippen molar-refractivity contribution in [3.05, 3.63) is 97.9 Å². The molecule has 3 aromatic rings. The second kappa shape index (κ2) is 10.3. The lowest BCUT2D eigenvalue weighted by Gasteiger charge is -2.10. The van der Waals surface area contributed by atoms with Crippen LogP contribution in [-0.2, 0) is 11.4 Å². The van der Waals surface area contributed by atoms with E-state index in [2.05, 4.69) is 21.2 Å². The molecule has 0 aliphatic heterocycles. The quantitative estimate of drug-likeness (QED) is 0.295. The Morgan fingerprint density at radius 3 is 2.43 bits per heavy atom. The molecule has 1 amide bonds. The molecule has 1 N–H and O–H groups in total. The summed E-state index contributed by atoms with van der Waals surface area (Å²) >= 11 is 15.7. The fraction of sp³-hybridized carbons (Fsp3) is 0.0435. The summed E-state index contributed by atoms with van der Waals surface area (Å²) in [6.07, 6.45) is 1.49. The van der Waals surface area contributed by atoms with E-state index in [4.69, 9.17) is 27.9 Å². The standard InChI is InChI=1S/C23H15BrCl2N2O2/c24-18-12-15(9-10-22(18)30-14-16-5-1-2-6-19(16)25)11-17(13-27)23(29)28-21-8-4-3-7-20(21)26/h1-12H,14H2,(H,28,29)/b17-11+. The molecular formula is C23H15BrCl2N2O2. The van der Waals surface area contributed by atoms with Crippen molar-refractivity contribution in [2.24, 2.45) is 0 Å². The lowest BCUT2D eigenvalue weighted by Crippen LogP contribution is -2.13. The molecule has 0 unspecified atom stereocenters. The van der Waals surface area contributed by atoms with Gasteiger partial charge < -0.3 is 10.1 Å². The van der Waals surface area contributed by atoms with Gasteiger partial charge in [-0.25, -0.2) is 0 Å². The van der Waals surface area contributed by atoms with E-state index < -0.39 is 5.91 Å². The van der Waals surface area contributed by atoms with Crippen molar-refractivity contribution in [2.75, 3.05) is 5.32 Å². The molecule has 0 saturated carbocycles. The molecule has 150 valence electrons. The van der Waals surface area contributed by atoms with E-state index in [1.54, 1.807) is 48.5 Å². The van der Waals surface area contributed by atoms with Crippen molar-refractivity contribution < 1.29 is 9.53 Å². The van der Waals surface area contributed by atoms with Crippen LogP contribution in [0, 0.1) is 11.3 Å². The largest absolute Gasteiger partial charge is 0.488 e. The molecule has 0 radical (unpaired) electrons. The molecular weight excluding hydrogens is 487 g/mol. The van der Waals surface area contributed by atoms with E-state index in [0.717, 1.165) is 5.56 Å². The number of rotatable bonds is 6. The molecule has 3 aromatic carbocycles. The van der Waals surface area contributed by atoms with E-state index >= 15 is 0 Å². The van der Waals surface area contributed by atoms with Crippen molar-refractivity contribution in [1.82, 2.24) is 0 Å². The molecule has 0 aromatic heterocycles. The smallest absolute Gasteiger partial charge is 0.266 e. The van der Waals surface area contributed by atoms with Gasteiger partial charge in [-0.1, -0.05) is 59.6 Å². The number of halogens is 3. The number of benzene rings is 3. The second-order valence-electron chi connectivity index (χ2n) is 6.17. The molecule has 0 heterocycles. The predicted octanol–water partition coefficient (Wildman–Crippen LogP) is 6.88. The molecule has 7 heteroatoms. The maximum Gasteiger partial charge on any atom is 0.266 e. The molecule has 4 nitrogen and oxygen atoms in total. The second-order valence-corrected chi connectivity index (χ2v) is 7.84. The average Bonchev–Trinajstić information content (AvgIpc) is 2.74. The van der Waals surface area contributed by atoms with E-state index in [1.807, 2.05) is 24.3 Å². The Kier molecular flexibility index (Phi) is 7.53. The Hall–Kier alpha value is -2.78. The number of amides is 1. The monoisotopic (exact) mass is 500 g/mol. The Morgan fingerprint density at radius 2 is 1.77 bits per heavy atom. The van der Waals surface area contributed by atoms with Gasteiger partial charge in [0.1, 0.15) is 24.0 Å². The van der Waals surface area contributed by atoms with Crippen LogP contribution in [0.1, 0.15) is 11.1 Å². The fourth-order valence-corrected chi connectivity index (χ4v) is 3.45. The summed E-state index contributed by atoms with van der Waals surface area (Å²) in [5.41, 5.74) is 1.93. The molecule has 0 saturated heterocycles. The first-order valence-electron chi connectivity index (χ1n) is 8.81. The van der Waals surface area contributed by atoms with Gasteiger partial charge in [0.25, 0.3) is 5.91 Å². The first-order valence-corrected chi connectivity index (χ1v) is 10.4. The third kappa shape index (κ3) is 5.64. The van der Waals surface area contributed by atoms with Crippen LogP contribution in [0.15, 0.2) is 76.8 Å². The Morgan fingerprint density at radius 1 is 1.07 bits per heavy atom. The first kappa shape index (κ1) is 21.9. The summed E-state index contributed by atoms with van der Waals surface area (Å²) in [4.78, 5) is 12.4. The number of carbonyl (C=O) groups is 1. The molecule has 0 spiro atoms. The van der Waals surface area contributed by atoms with Gasteiger partial charge in [0.15, 0.2) is 0 Å². The minimum atomic E-state index is -0.541. The van der Waals surface area contributed by atoms with E-state index in [-0.39, 0.29) is 5.57 Å². The summed E-state index contributed by atoms with van der Waals surface area (Å²) in [6.45, 7) is 0.317. The number of para-hydroxylation sites is 1. The molecule has 0 atom stereocenters. The number of nitriles is 1. The number of nitrogens with one attached hydrogen (secondary N) is 1. The lowest BCUT2D eigenvalue weighted by atomic mass is 10.1.